The molecule has 1 saturated heterocycles. The molecule has 0 radical (unpaired) electrons. The van der Waals surface area contributed by atoms with Gasteiger partial charge < -0.3 is 19.9 Å². The van der Waals surface area contributed by atoms with E-state index >= 15 is 0 Å². The Kier molecular flexibility index (Phi) is 7.43. The number of hydrogen-bond acceptors (Lipinski definition) is 4. The predicted octanol–water partition coefficient (Wildman–Crippen LogP) is 1.77. The summed E-state index contributed by atoms with van der Waals surface area (Å²) in [5.74, 6) is -0.208. The van der Waals surface area contributed by atoms with E-state index in [1.807, 2.05) is 24.3 Å². The molecule has 0 aromatic heterocycles. The van der Waals surface area contributed by atoms with Crippen molar-refractivity contribution in [2.24, 2.45) is 0 Å². The second-order valence-corrected chi connectivity index (χ2v) is 7.73. The summed E-state index contributed by atoms with van der Waals surface area (Å²) in [7, 11) is 0. The van der Waals surface area contributed by atoms with Gasteiger partial charge in [-0.1, -0.05) is 26.0 Å². The van der Waals surface area contributed by atoms with Crippen molar-refractivity contribution < 1.29 is 19.1 Å². The van der Waals surface area contributed by atoms with Crippen LogP contribution in [0.1, 0.15) is 46.1 Å². The molecule has 0 saturated carbocycles. The van der Waals surface area contributed by atoms with E-state index in [1.54, 1.807) is 25.7 Å². The van der Waals surface area contributed by atoms with Crippen LogP contribution in [-0.4, -0.2) is 65.8 Å². The highest BCUT2D eigenvalue weighted by atomic mass is 16.5. The van der Waals surface area contributed by atoms with E-state index in [0.717, 1.165) is 5.56 Å². The van der Waals surface area contributed by atoms with Gasteiger partial charge >= 0.3 is 11.8 Å². The number of carbonyl (C=O) groups excluding carboxylic acids is 3. The smallest absolute Gasteiger partial charge is 0.312 e. The third-order valence-electron chi connectivity index (χ3n) is 4.68. The van der Waals surface area contributed by atoms with Gasteiger partial charge in [-0.2, -0.15) is 0 Å². The van der Waals surface area contributed by atoms with Crippen LogP contribution in [0.15, 0.2) is 24.3 Å². The maximum Gasteiger partial charge on any atom is 0.312 e. The van der Waals surface area contributed by atoms with Gasteiger partial charge in [-0.15, -0.1) is 0 Å². The van der Waals surface area contributed by atoms with Gasteiger partial charge in [-0.25, -0.2) is 0 Å². The van der Waals surface area contributed by atoms with Crippen LogP contribution in [0.2, 0.25) is 0 Å². The molecule has 1 aromatic rings. The Balaban J connectivity index is 1.88. The minimum Gasteiger partial charge on any atom is -0.481 e. The van der Waals surface area contributed by atoms with Crippen LogP contribution >= 0.6 is 0 Å². The van der Waals surface area contributed by atoms with Gasteiger partial charge in [0.25, 0.3) is 5.91 Å². The number of carbonyl (C=O) groups is 3. The molecule has 3 amide bonds. The number of ether oxygens (including phenoxy) is 1. The summed E-state index contributed by atoms with van der Waals surface area (Å²) in [6.07, 6.45) is -0.617. The largest absolute Gasteiger partial charge is 0.481 e. The fourth-order valence-electron chi connectivity index (χ4n) is 3.06. The molecule has 0 aliphatic carbocycles. The maximum atomic E-state index is 12.7. The van der Waals surface area contributed by atoms with E-state index < -0.39 is 17.9 Å². The van der Waals surface area contributed by atoms with Crippen LogP contribution in [0.5, 0.6) is 5.75 Å². The van der Waals surface area contributed by atoms with Crippen LogP contribution in [0.3, 0.4) is 0 Å². The molecular formula is C21H31N3O4. The van der Waals surface area contributed by atoms with Gasteiger partial charge in [-0.05, 0) is 44.4 Å². The molecule has 1 heterocycles. The quantitative estimate of drug-likeness (QED) is 0.779. The highest BCUT2D eigenvalue weighted by Gasteiger charge is 2.30. The summed E-state index contributed by atoms with van der Waals surface area (Å²) in [5, 5.41) is 2.60. The normalized spacial score (nSPS) is 15.5. The average molecular weight is 389 g/mol. The third-order valence-corrected chi connectivity index (χ3v) is 4.68. The lowest BCUT2D eigenvalue weighted by Gasteiger charge is -2.35. The molecule has 154 valence electrons. The zero-order valence-electron chi connectivity index (χ0n) is 17.4. The van der Waals surface area contributed by atoms with E-state index in [4.69, 9.17) is 4.74 Å². The van der Waals surface area contributed by atoms with Crippen LogP contribution < -0.4 is 10.1 Å². The Bertz CT molecular complexity index is 709. The van der Waals surface area contributed by atoms with Gasteiger partial charge in [0.05, 0.1) is 0 Å². The van der Waals surface area contributed by atoms with E-state index in [-0.39, 0.29) is 11.9 Å². The molecule has 1 atom stereocenters. The highest BCUT2D eigenvalue weighted by molar-refractivity contribution is 6.35. The summed E-state index contributed by atoms with van der Waals surface area (Å²) in [6.45, 7) is 11.0. The number of benzene rings is 1. The summed E-state index contributed by atoms with van der Waals surface area (Å²) in [6, 6.07) is 7.67. The summed E-state index contributed by atoms with van der Waals surface area (Å²) < 4.78 is 5.84. The second kappa shape index (κ2) is 9.57. The number of hydrogen-bond donors (Lipinski definition) is 1. The van der Waals surface area contributed by atoms with Gasteiger partial charge in [0.1, 0.15) is 5.75 Å². The Morgan fingerprint density at radius 3 is 2.14 bits per heavy atom. The van der Waals surface area contributed by atoms with Crippen LogP contribution in [0.4, 0.5) is 0 Å². The number of amides is 3. The fourth-order valence-corrected chi connectivity index (χ4v) is 3.06. The first-order chi connectivity index (χ1) is 13.2. The van der Waals surface area contributed by atoms with Crippen molar-refractivity contribution >= 4 is 17.7 Å². The molecule has 1 N–H and O–H groups in total. The molecule has 1 fully saturated rings. The lowest BCUT2D eigenvalue weighted by Crippen LogP contribution is -2.56. The standard InChI is InChI=1S/C21H31N3O4/c1-14(2)17-7-6-8-18(13-17)28-16(5)20(26)23-9-11-24(12-10-23)21(27)19(25)22-15(3)4/h6-8,13-16H,9-12H2,1-5H3,(H,22,25). The van der Waals surface area contributed by atoms with Crippen molar-refractivity contribution in [3.8, 4) is 5.75 Å². The van der Waals surface area contributed by atoms with E-state index in [1.165, 1.54) is 4.90 Å². The Morgan fingerprint density at radius 2 is 1.57 bits per heavy atom. The van der Waals surface area contributed by atoms with Crippen molar-refractivity contribution in [1.82, 2.24) is 15.1 Å². The first-order valence-corrected chi connectivity index (χ1v) is 9.84. The summed E-state index contributed by atoms with van der Waals surface area (Å²) >= 11 is 0. The second-order valence-electron chi connectivity index (χ2n) is 7.73. The topological polar surface area (TPSA) is 79.0 Å². The molecular weight excluding hydrogens is 358 g/mol. The van der Waals surface area contributed by atoms with Crippen LogP contribution in [-0.2, 0) is 14.4 Å². The van der Waals surface area contributed by atoms with Crippen molar-refractivity contribution in [3.63, 3.8) is 0 Å². The molecule has 28 heavy (non-hydrogen) atoms. The lowest BCUT2D eigenvalue weighted by atomic mass is 10.0. The van der Waals surface area contributed by atoms with Crippen molar-refractivity contribution in [2.75, 3.05) is 26.2 Å². The van der Waals surface area contributed by atoms with Crippen LogP contribution in [0.25, 0.3) is 0 Å². The average Bonchev–Trinajstić information content (AvgIpc) is 2.66. The molecule has 0 bridgehead atoms. The van der Waals surface area contributed by atoms with E-state index in [0.29, 0.717) is 37.8 Å². The predicted molar refractivity (Wildman–Crippen MR) is 107 cm³/mol. The molecule has 0 spiro atoms. The van der Waals surface area contributed by atoms with Gasteiger partial charge in [0, 0.05) is 32.2 Å². The minimum absolute atomic E-state index is 0.0912. The number of nitrogens with zero attached hydrogens (tertiary/aromatic N) is 2. The van der Waals surface area contributed by atoms with E-state index in [9.17, 15) is 14.4 Å². The zero-order chi connectivity index (χ0) is 20.8. The highest BCUT2D eigenvalue weighted by Crippen LogP contribution is 2.21. The van der Waals surface area contributed by atoms with Crippen molar-refractivity contribution in [1.29, 1.82) is 0 Å². The van der Waals surface area contributed by atoms with Gasteiger partial charge in [0.15, 0.2) is 6.10 Å². The molecule has 2 rings (SSSR count). The molecule has 1 unspecified atom stereocenters. The van der Waals surface area contributed by atoms with Gasteiger partial charge in [-0.3, -0.25) is 14.4 Å². The number of rotatable bonds is 5. The first-order valence-electron chi connectivity index (χ1n) is 9.84. The molecule has 1 aliphatic rings. The maximum absolute atomic E-state index is 12.7. The Hall–Kier alpha value is -2.57. The molecule has 1 aromatic carbocycles. The third kappa shape index (κ3) is 5.71. The van der Waals surface area contributed by atoms with E-state index in [2.05, 4.69) is 19.2 Å². The van der Waals surface area contributed by atoms with Crippen molar-refractivity contribution in [3.05, 3.63) is 29.8 Å². The monoisotopic (exact) mass is 389 g/mol. The molecule has 7 heteroatoms. The SMILES string of the molecule is CC(C)NC(=O)C(=O)N1CCN(C(=O)C(C)Oc2cccc(C(C)C)c2)CC1. The number of piperazine rings is 1. The number of nitrogens with one attached hydrogen (secondary N) is 1. The summed E-state index contributed by atoms with van der Waals surface area (Å²) in [4.78, 5) is 39.9. The molecule has 7 nitrogen and oxygen atoms in total. The Labute approximate surface area is 167 Å². The summed E-state index contributed by atoms with van der Waals surface area (Å²) in [5.41, 5.74) is 1.16. The lowest BCUT2D eigenvalue weighted by molar-refractivity contribution is -0.149. The minimum atomic E-state index is -0.617. The molecule has 1 aliphatic heterocycles. The fraction of sp³-hybridized carbons (Fsp3) is 0.571. The first kappa shape index (κ1) is 21.7. The van der Waals surface area contributed by atoms with Crippen LogP contribution in [0, 0.1) is 0 Å². The Morgan fingerprint density at radius 1 is 0.964 bits per heavy atom. The van der Waals surface area contributed by atoms with Gasteiger partial charge in [0.2, 0.25) is 0 Å². The van der Waals surface area contributed by atoms with Crippen molar-refractivity contribution in [2.45, 2.75) is 52.7 Å². The zero-order valence-corrected chi connectivity index (χ0v) is 17.4.